The first-order chi connectivity index (χ1) is 12.5. The van der Waals surface area contributed by atoms with Crippen molar-refractivity contribution in [2.45, 2.75) is 31.5 Å². The lowest BCUT2D eigenvalue weighted by Gasteiger charge is -2.50. The van der Waals surface area contributed by atoms with Crippen LogP contribution in [0.1, 0.15) is 25.3 Å². The average molecular weight is 357 g/mol. The van der Waals surface area contributed by atoms with Crippen molar-refractivity contribution in [1.82, 2.24) is 20.9 Å². The molecule has 4 rings (SSSR count). The smallest absolute Gasteiger partial charge is 0.323 e. The minimum absolute atomic E-state index is 0.371. The molecule has 3 aliphatic heterocycles. The number of fused-ring (bicyclic) bond motifs is 4. The molecule has 0 aliphatic carbocycles. The molecule has 2 fully saturated rings. The summed E-state index contributed by atoms with van der Waals surface area (Å²) in [6, 6.07) is 5.76. The van der Waals surface area contributed by atoms with Gasteiger partial charge in [0, 0.05) is 17.8 Å². The van der Waals surface area contributed by atoms with Crippen molar-refractivity contribution in [3.8, 4) is 0 Å². The lowest BCUT2D eigenvalue weighted by molar-refractivity contribution is -0.141. The number of unbranched alkanes of at least 4 members (excludes halogenated alkanes) is 1. The van der Waals surface area contributed by atoms with Gasteiger partial charge in [0.1, 0.15) is 12.1 Å². The first-order valence-electron chi connectivity index (χ1n) is 8.60. The van der Waals surface area contributed by atoms with E-state index in [-0.39, 0.29) is 0 Å². The molecule has 136 valence electrons. The molecule has 0 aromatic heterocycles. The molecule has 9 heteroatoms. The third-order valence-electron chi connectivity index (χ3n) is 5.19. The lowest BCUT2D eigenvalue weighted by atomic mass is 9.74. The summed E-state index contributed by atoms with van der Waals surface area (Å²) in [5, 5.41) is 10.4. The Morgan fingerprint density at radius 1 is 1.12 bits per heavy atom. The predicted molar refractivity (Wildman–Crippen MR) is 90.8 cm³/mol. The molecule has 4 N–H and O–H groups in total. The van der Waals surface area contributed by atoms with Gasteiger partial charge in [-0.3, -0.25) is 14.9 Å². The fraction of sp³-hybridized carbons (Fsp3) is 0.412. The Bertz CT molecular complexity index is 825. The zero-order valence-corrected chi connectivity index (χ0v) is 14.2. The molecule has 1 spiro atoms. The van der Waals surface area contributed by atoms with Crippen molar-refractivity contribution >= 4 is 29.6 Å². The highest BCUT2D eigenvalue weighted by atomic mass is 16.2. The topological polar surface area (TPSA) is 120 Å². The van der Waals surface area contributed by atoms with Crippen LogP contribution >= 0.6 is 0 Å². The standard InChI is InChI=1S/C17H19N5O4/c1-2-3-8-22-12-11(13(23)20-16(22)26)17(21-15(25)19-12)9-6-4-5-7-10(9)18-14(17)24/h4-7,11-12H,2-3,8H2,1H3,(H,18,24)(H2,19,21,25)(H,20,23,26). The van der Waals surface area contributed by atoms with Gasteiger partial charge in [-0.2, -0.15) is 0 Å². The third-order valence-corrected chi connectivity index (χ3v) is 5.19. The Kier molecular flexibility index (Phi) is 3.60. The summed E-state index contributed by atoms with van der Waals surface area (Å²) in [5.74, 6) is -2.06. The highest BCUT2D eigenvalue weighted by Gasteiger charge is 2.64. The minimum atomic E-state index is -1.56. The monoisotopic (exact) mass is 357 g/mol. The van der Waals surface area contributed by atoms with E-state index in [9.17, 15) is 19.2 Å². The van der Waals surface area contributed by atoms with Gasteiger partial charge in [0.25, 0.3) is 5.91 Å². The van der Waals surface area contributed by atoms with E-state index in [1.54, 1.807) is 24.3 Å². The number of para-hydroxylation sites is 1. The van der Waals surface area contributed by atoms with Crippen molar-refractivity contribution in [2.75, 3.05) is 11.9 Å². The molecule has 3 atom stereocenters. The molecular formula is C17H19N5O4. The van der Waals surface area contributed by atoms with Crippen LogP contribution in [0.25, 0.3) is 0 Å². The molecule has 3 unspecified atom stereocenters. The maximum absolute atomic E-state index is 12.9. The summed E-state index contributed by atoms with van der Waals surface area (Å²) in [6.07, 6.45) is 0.660. The number of urea groups is 2. The predicted octanol–water partition coefficient (Wildman–Crippen LogP) is 0.441. The molecule has 0 bridgehead atoms. The summed E-state index contributed by atoms with van der Waals surface area (Å²) in [6.45, 7) is 2.35. The maximum atomic E-state index is 12.9. The summed E-state index contributed by atoms with van der Waals surface area (Å²) < 4.78 is 0. The van der Waals surface area contributed by atoms with Gasteiger partial charge in [-0.25, -0.2) is 9.59 Å². The molecule has 3 aliphatic rings. The highest BCUT2D eigenvalue weighted by molar-refractivity contribution is 6.13. The Hall–Kier alpha value is -3.10. The Balaban J connectivity index is 1.84. The molecule has 9 nitrogen and oxygen atoms in total. The molecule has 3 heterocycles. The van der Waals surface area contributed by atoms with E-state index in [0.29, 0.717) is 24.2 Å². The van der Waals surface area contributed by atoms with E-state index < -0.39 is 41.5 Å². The van der Waals surface area contributed by atoms with Gasteiger partial charge in [-0.05, 0) is 12.5 Å². The molecule has 0 saturated carbocycles. The van der Waals surface area contributed by atoms with E-state index in [4.69, 9.17) is 0 Å². The zero-order chi connectivity index (χ0) is 18.5. The number of imide groups is 1. The van der Waals surface area contributed by atoms with Crippen molar-refractivity contribution < 1.29 is 19.2 Å². The Morgan fingerprint density at radius 3 is 2.65 bits per heavy atom. The number of nitrogens with zero attached hydrogens (tertiary/aromatic N) is 1. The maximum Gasteiger partial charge on any atom is 0.325 e. The summed E-state index contributed by atoms with van der Waals surface area (Å²) in [4.78, 5) is 51.8. The summed E-state index contributed by atoms with van der Waals surface area (Å²) in [7, 11) is 0. The van der Waals surface area contributed by atoms with Gasteiger partial charge in [0.15, 0.2) is 5.54 Å². The molecule has 0 radical (unpaired) electrons. The van der Waals surface area contributed by atoms with E-state index in [1.807, 2.05) is 6.92 Å². The Morgan fingerprint density at radius 2 is 1.88 bits per heavy atom. The number of rotatable bonds is 3. The summed E-state index contributed by atoms with van der Waals surface area (Å²) >= 11 is 0. The van der Waals surface area contributed by atoms with Crippen LogP contribution in [0.15, 0.2) is 24.3 Å². The summed E-state index contributed by atoms with van der Waals surface area (Å²) in [5.41, 5.74) is -0.489. The van der Waals surface area contributed by atoms with E-state index >= 15 is 0 Å². The van der Waals surface area contributed by atoms with E-state index in [1.165, 1.54) is 4.90 Å². The number of anilines is 1. The van der Waals surface area contributed by atoms with Gasteiger partial charge in [0.05, 0.1) is 0 Å². The van der Waals surface area contributed by atoms with Crippen LogP contribution in [0.4, 0.5) is 15.3 Å². The number of hydrogen-bond donors (Lipinski definition) is 4. The van der Waals surface area contributed by atoms with Crippen LogP contribution in [-0.2, 0) is 15.1 Å². The minimum Gasteiger partial charge on any atom is -0.323 e. The van der Waals surface area contributed by atoms with Crippen LogP contribution < -0.4 is 21.3 Å². The van der Waals surface area contributed by atoms with Crippen LogP contribution in [0.2, 0.25) is 0 Å². The van der Waals surface area contributed by atoms with Gasteiger partial charge in [-0.15, -0.1) is 0 Å². The Labute approximate surface area is 149 Å². The zero-order valence-electron chi connectivity index (χ0n) is 14.2. The quantitative estimate of drug-likeness (QED) is 0.627. The fourth-order valence-electron chi connectivity index (χ4n) is 4.01. The number of carbonyl (C=O) groups excluding carboxylic acids is 4. The van der Waals surface area contributed by atoms with Crippen molar-refractivity contribution in [1.29, 1.82) is 0 Å². The van der Waals surface area contributed by atoms with E-state index in [0.717, 1.165) is 6.42 Å². The highest BCUT2D eigenvalue weighted by Crippen LogP contribution is 2.45. The van der Waals surface area contributed by atoms with Gasteiger partial charge in [0.2, 0.25) is 5.91 Å². The number of nitrogens with one attached hydrogen (secondary N) is 4. The molecule has 2 saturated heterocycles. The first-order valence-corrected chi connectivity index (χ1v) is 8.60. The number of carbonyl (C=O) groups is 4. The number of amides is 6. The van der Waals surface area contributed by atoms with Crippen molar-refractivity contribution in [3.63, 3.8) is 0 Å². The van der Waals surface area contributed by atoms with Crippen LogP contribution in [0.5, 0.6) is 0 Å². The first kappa shape index (κ1) is 16.4. The van der Waals surface area contributed by atoms with E-state index in [2.05, 4.69) is 21.3 Å². The number of hydrogen-bond acceptors (Lipinski definition) is 4. The molecule has 1 aromatic carbocycles. The molecule has 6 amide bonds. The van der Waals surface area contributed by atoms with Crippen LogP contribution in [0.3, 0.4) is 0 Å². The molecular weight excluding hydrogens is 338 g/mol. The second kappa shape index (κ2) is 5.72. The number of benzene rings is 1. The normalized spacial score (nSPS) is 29.5. The second-order valence-electron chi connectivity index (χ2n) is 6.67. The van der Waals surface area contributed by atoms with Gasteiger partial charge in [-0.1, -0.05) is 31.5 Å². The second-order valence-corrected chi connectivity index (χ2v) is 6.67. The molecule has 26 heavy (non-hydrogen) atoms. The van der Waals surface area contributed by atoms with Gasteiger partial charge < -0.3 is 20.9 Å². The molecule has 1 aromatic rings. The van der Waals surface area contributed by atoms with Crippen LogP contribution in [-0.4, -0.2) is 41.5 Å². The lowest BCUT2D eigenvalue weighted by Crippen LogP contribution is -2.78. The largest absolute Gasteiger partial charge is 0.325 e. The third kappa shape index (κ3) is 2.09. The SMILES string of the molecule is CCCCN1C(=O)NC(=O)C2C1NC(=O)NC21C(=O)Nc2ccccc21. The van der Waals surface area contributed by atoms with Gasteiger partial charge >= 0.3 is 12.1 Å². The fourth-order valence-corrected chi connectivity index (χ4v) is 4.01. The average Bonchev–Trinajstić information content (AvgIpc) is 2.86. The van der Waals surface area contributed by atoms with Crippen molar-refractivity contribution in [2.24, 2.45) is 5.92 Å². The van der Waals surface area contributed by atoms with Crippen molar-refractivity contribution in [3.05, 3.63) is 29.8 Å². The van der Waals surface area contributed by atoms with Crippen LogP contribution in [0, 0.1) is 5.92 Å².